The minimum absolute atomic E-state index is 0.145. The topological polar surface area (TPSA) is 86.7 Å². The van der Waals surface area contributed by atoms with Crippen molar-refractivity contribution < 1.29 is 18.3 Å². The zero-order valence-electron chi connectivity index (χ0n) is 13.1. The van der Waals surface area contributed by atoms with Crippen LogP contribution in [0.3, 0.4) is 0 Å². The van der Waals surface area contributed by atoms with Gasteiger partial charge in [0.05, 0.1) is 11.0 Å². The largest absolute Gasteiger partial charge is 0.393 e. The van der Waals surface area contributed by atoms with Gasteiger partial charge in [0.15, 0.2) is 0 Å². The molecule has 0 aliphatic carbocycles. The maximum absolute atomic E-state index is 13.1. The summed E-state index contributed by atoms with van der Waals surface area (Å²) in [5, 5.41) is 12.4. The number of aliphatic hydroxyl groups excluding tert-OH is 1. The fourth-order valence-corrected chi connectivity index (χ4v) is 5.70. The number of benzene rings is 1. The molecule has 1 unspecified atom stereocenters. The van der Waals surface area contributed by atoms with Gasteiger partial charge < -0.3 is 10.4 Å². The molecule has 2 bridgehead atoms. The van der Waals surface area contributed by atoms with Crippen LogP contribution in [-0.4, -0.2) is 49.0 Å². The van der Waals surface area contributed by atoms with Crippen LogP contribution in [0.25, 0.3) is 0 Å². The van der Waals surface area contributed by atoms with E-state index in [4.69, 9.17) is 0 Å². The minimum Gasteiger partial charge on any atom is -0.393 e. The van der Waals surface area contributed by atoms with Gasteiger partial charge >= 0.3 is 0 Å². The standard InChI is InChI=1S/C16H22N2O4S/c1-17-16(20)11-4-2-7-15(8-11)23(21,22)18-12-5-3-6-13(18)10-14(19)9-12/h2,4,7-8,12-14,19H,3,5-6,9-10H2,1H3,(H,17,20)/t12-,13+,14?. The molecular formula is C16H22N2O4S. The lowest BCUT2D eigenvalue weighted by Crippen LogP contribution is -2.55. The van der Waals surface area contributed by atoms with Crippen molar-refractivity contribution in [2.45, 2.75) is 55.2 Å². The normalized spacial score (nSPS) is 28.3. The number of sulfonamides is 1. The Hall–Kier alpha value is -1.44. The molecule has 0 saturated carbocycles. The fourth-order valence-electron chi connectivity index (χ4n) is 3.77. The number of rotatable bonds is 3. The molecule has 126 valence electrons. The van der Waals surface area contributed by atoms with Crippen LogP contribution in [0.2, 0.25) is 0 Å². The molecule has 7 heteroatoms. The molecule has 0 radical (unpaired) electrons. The van der Waals surface area contributed by atoms with Crippen molar-refractivity contribution in [3.05, 3.63) is 29.8 Å². The number of hydrogen-bond acceptors (Lipinski definition) is 4. The summed E-state index contributed by atoms with van der Waals surface area (Å²) in [6.45, 7) is 0. The quantitative estimate of drug-likeness (QED) is 0.864. The van der Waals surface area contributed by atoms with E-state index in [-0.39, 0.29) is 22.9 Å². The number of nitrogens with one attached hydrogen (secondary N) is 1. The Kier molecular flexibility index (Phi) is 4.44. The third-order valence-electron chi connectivity index (χ3n) is 4.78. The summed E-state index contributed by atoms with van der Waals surface area (Å²) in [4.78, 5) is 11.9. The number of carbonyl (C=O) groups is 1. The van der Waals surface area contributed by atoms with Crippen LogP contribution < -0.4 is 5.32 Å². The molecule has 23 heavy (non-hydrogen) atoms. The number of piperidine rings is 2. The Morgan fingerprint density at radius 3 is 2.52 bits per heavy atom. The summed E-state index contributed by atoms with van der Waals surface area (Å²) in [6, 6.07) is 5.85. The van der Waals surface area contributed by atoms with Gasteiger partial charge in [-0.3, -0.25) is 4.79 Å². The number of aliphatic hydroxyl groups is 1. The molecule has 3 rings (SSSR count). The van der Waals surface area contributed by atoms with Crippen molar-refractivity contribution in [3.8, 4) is 0 Å². The van der Waals surface area contributed by atoms with Crippen molar-refractivity contribution in [2.75, 3.05) is 7.05 Å². The molecule has 2 heterocycles. The van der Waals surface area contributed by atoms with Gasteiger partial charge in [-0.05, 0) is 43.9 Å². The van der Waals surface area contributed by atoms with Gasteiger partial charge in [0.2, 0.25) is 10.0 Å². The van der Waals surface area contributed by atoms with E-state index in [9.17, 15) is 18.3 Å². The number of amides is 1. The van der Waals surface area contributed by atoms with Crippen LogP contribution in [0.15, 0.2) is 29.2 Å². The summed E-state index contributed by atoms with van der Waals surface area (Å²) in [5.41, 5.74) is 0.329. The average Bonchev–Trinajstić information content (AvgIpc) is 2.53. The maximum Gasteiger partial charge on any atom is 0.251 e. The lowest BCUT2D eigenvalue weighted by molar-refractivity contribution is 0.0220. The third-order valence-corrected chi connectivity index (χ3v) is 6.78. The molecule has 2 aliphatic rings. The van der Waals surface area contributed by atoms with Crippen LogP contribution in [-0.2, 0) is 10.0 Å². The van der Waals surface area contributed by atoms with Gasteiger partial charge in [0, 0.05) is 24.7 Å². The molecule has 1 aromatic carbocycles. The van der Waals surface area contributed by atoms with E-state index in [1.165, 1.54) is 19.2 Å². The molecule has 6 nitrogen and oxygen atoms in total. The van der Waals surface area contributed by atoms with Gasteiger partial charge in [-0.2, -0.15) is 4.31 Å². The third kappa shape index (κ3) is 3.00. The fraction of sp³-hybridized carbons (Fsp3) is 0.562. The smallest absolute Gasteiger partial charge is 0.251 e. The van der Waals surface area contributed by atoms with E-state index in [1.54, 1.807) is 16.4 Å². The second-order valence-electron chi connectivity index (χ2n) is 6.31. The van der Waals surface area contributed by atoms with Crippen LogP contribution >= 0.6 is 0 Å². The molecular weight excluding hydrogens is 316 g/mol. The monoisotopic (exact) mass is 338 g/mol. The molecule has 1 amide bonds. The molecule has 0 aromatic heterocycles. The van der Waals surface area contributed by atoms with E-state index < -0.39 is 16.1 Å². The molecule has 2 saturated heterocycles. The summed E-state index contributed by atoms with van der Waals surface area (Å²) >= 11 is 0. The summed E-state index contributed by atoms with van der Waals surface area (Å²) < 4.78 is 27.7. The molecule has 3 atom stereocenters. The van der Waals surface area contributed by atoms with Crippen molar-refractivity contribution in [1.29, 1.82) is 0 Å². The minimum atomic E-state index is -3.67. The second-order valence-corrected chi connectivity index (χ2v) is 8.15. The maximum atomic E-state index is 13.1. The second kappa shape index (κ2) is 6.22. The van der Waals surface area contributed by atoms with E-state index in [0.717, 1.165) is 19.3 Å². The molecule has 2 aliphatic heterocycles. The van der Waals surface area contributed by atoms with Crippen LogP contribution in [0.4, 0.5) is 0 Å². The van der Waals surface area contributed by atoms with Crippen molar-refractivity contribution in [2.24, 2.45) is 0 Å². The van der Waals surface area contributed by atoms with Crippen LogP contribution in [0.5, 0.6) is 0 Å². The van der Waals surface area contributed by atoms with Gasteiger partial charge in [0.25, 0.3) is 5.91 Å². The van der Waals surface area contributed by atoms with E-state index >= 15 is 0 Å². The first-order valence-electron chi connectivity index (χ1n) is 7.97. The van der Waals surface area contributed by atoms with E-state index in [1.807, 2.05) is 0 Å². The Balaban J connectivity index is 1.97. The number of carbonyl (C=O) groups excluding carboxylic acids is 1. The first-order valence-corrected chi connectivity index (χ1v) is 9.41. The Labute approximate surface area is 136 Å². The first kappa shape index (κ1) is 16.4. The molecule has 1 aromatic rings. The zero-order chi connectivity index (χ0) is 16.6. The lowest BCUT2D eigenvalue weighted by atomic mass is 9.85. The number of nitrogens with zero attached hydrogens (tertiary/aromatic N) is 1. The molecule has 2 fully saturated rings. The van der Waals surface area contributed by atoms with Gasteiger partial charge in [-0.1, -0.05) is 12.5 Å². The summed E-state index contributed by atoms with van der Waals surface area (Å²) in [7, 11) is -2.15. The van der Waals surface area contributed by atoms with Gasteiger partial charge in [-0.15, -0.1) is 0 Å². The lowest BCUT2D eigenvalue weighted by Gasteiger charge is -2.46. The van der Waals surface area contributed by atoms with E-state index in [0.29, 0.717) is 18.4 Å². The number of hydrogen-bond donors (Lipinski definition) is 2. The van der Waals surface area contributed by atoms with Crippen molar-refractivity contribution in [3.63, 3.8) is 0 Å². The predicted molar refractivity (Wildman–Crippen MR) is 85.5 cm³/mol. The number of fused-ring (bicyclic) bond motifs is 2. The zero-order valence-corrected chi connectivity index (χ0v) is 13.9. The Morgan fingerprint density at radius 1 is 1.26 bits per heavy atom. The Morgan fingerprint density at radius 2 is 1.91 bits per heavy atom. The average molecular weight is 338 g/mol. The highest BCUT2D eigenvalue weighted by Crippen LogP contribution is 2.38. The summed E-state index contributed by atoms with van der Waals surface area (Å²) in [5.74, 6) is -0.309. The SMILES string of the molecule is CNC(=O)c1cccc(S(=O)(=O)N2[C@@H]3CCC[C@H]2CC(O)C3)c1. The van der Waals surface area contributed by atoms with E-state index in [2.05, 4.69) is 5.32 Å². The van der Waals surface area contributed by atoms with Crippen LogP contribution in [0.1, 0.15) is 42.5 Å². The predicted octanol–water partition coefficient (Wildman–Crippen LogP) is 1.11. The highest BCUT2D eigenvalue weighted by molar-refractivity contribution is 7.89. The Bertz CT molecular complexity index is 690. The van der Waals surface area contributed by atoms with Gasteiger partial charge in [-0.25, -0.2) is 8.42 Å². The van der Waals surface area contributed by atoms with Gasteiger partial charge in [0.1, 0.15) is 0 Å². The van der Waals surface area contributed by atoms with Crippen LogP contribution in [0, 0.1) is 0 Å². The van der Waals surface area contributed by atoms with Crippen molar-refractivity contribution in [1.82, 2.24) is 9.62 Å². The van der Waals surface area contributed by atoms with Crippen molar-refractivity contribution >= 4 is 15.9 Å². The molecule has 0 spiro atoms. The summed E-state index contributed by atoms with van der Waals surface area (Å²) in [6.07, 6.45) is 3.11. The first-order chi connectivity index (χ1) is 10.9. The highest BCUT2D eigenvalue weighted by Gasteiger charge is 2.44. The highest BCUT2D eigenvalue weighted by atomic mass is 32.2. The molecule has 2 N–H and O–H groups in total.